The van der Waals surface area contributed by atoms with Gasteiger partial charge in [-0.05, 0) is 42.3 Å². The lowest BCUT2D eigenvalue weighted by atomic mass is 10.0. The molecule has 0 aliphatic rings. The number of amides is 1. The van der Waals surface area contributed by atoms with Gasteiger partial charge < -0.3 is 5.32 Å². The van der Waals surface area contributed by atoms with Crippen LogP contribution < -0.4 is 9.62 Å². The highest BCUT2D eigenvalue weighted by molar-refractivity contribution is 7.92. The lowest BCUT2D eigenvalue weighted by Crippen LogP contribution is -2.29. The number of hydrogen-bond acceptors (Lipinski definition) is 3. The molecule has 1 N–H and O–H groups in total. The van der Waals surface area contributed by atoms with Crippen LogP contribution in [0.5, 0.6) is 0 Å². The molecule has 0 heterocycles. The van der Waals surface area contributed by atoms with Crippen LogP contribution in [0.3, 0.4) is 0 Å². The van der Waals surface area contributed by atoms with Crippen LogP contribution in [-0.4, -0.2) is 21.4 Å². The third kappa shape index (κ3) is 4.66. The Bertz CT molecular complexity index is 1120. The number of carbonyl (C=O) groups is 1. The Morgan fingerprint density at radius 3 is 2.20 bits per heavy atom. The highest BCUT2D eigenvalue weighted by atomic mass is 35.5. The maximum absolute atomic E-state index is 12.9. The van der Waals surface area contributed by atoms with E-state index in [0.717, 1.165) is 9.87 Å². The van der Waals surface area contributed by atoms with E-state index in [-0.39, 0.29) is 27.4 Å². The van der Waals surface area contributed by atoms with Crippen molar-refractivity contribution in [3.05, 3.63) is 95.0 Å². The number of sulfonamides is 1. The van der Waals surface area contributed by atoms with Gasteiger partial charge in [-0.15, -0.1) is 0 Å². The largest absolute Gasteiger partial charge is 0.345 e. The molecular weight excluding hydrogens is 420 g/mol. The number of carbonyl (C=O) groups excluding carboxylic acids is 1. The predicted octanol–water partition coefficient (Wildman–Crippen LogP) is 5.05. The zero-order valence-electron chi connectivity index (χ0n) is 16.7. The van der Waals surface area contributed by atoms with Crippen molar-refractivity contribution in [3.63, 3.8) is 0 Å². The highest BCUT2D eigenvalue weighted by Crippen LogP contribution is 2.27. The van der Waals surface area contributed by atoms with Crippen molar-refractivity contribution in [2.75, 3.05) is 11.4 Å². The number of halogens is 1. The maximum atomic E-state index is 12.9. The molecule has 0 fully saturated rings. The number of benzene rings is 3. The van der Waals surface area contributed by atoms with Gasteiger partial charge >= 0.3 is 0 Å². The fourth-order valence-electron chi connectivity index (χ4n) is 3.11. The molecule has 7 heteroatoms. The molecule has 1 amide bonds. The van der Waals surface area contributed by atoms with E-state index in [1.807, 2.05) is 37.3 Å². The van der Waals surface area contributed by atoms with Crippen molar-refractivity contribution in [2.45, 2.75) is 24.3 Å². The minimum Gasteiger partial charge on any atom is -0.345 e. The van der Waals surface area contributed by atoms with Crippen molar-refractivity contribution < 1.29 is 13.2 Å². The Balaban J connectivity index is 1.88. The molecule has 0 aliphatic carbocycles. The van der Waals surface area contributed by atoms with Crippen LogP contribution in [0.1, 0.15) is 35.3 Å². The first-order valence-corrected chi connectivity index (χ1v) is 11.4. The Kier molecular flexibility index (Phi) is 6.80. The van der Waals surface area contributed by atoms with Gasteiger partial charge in [-0.2, -0.15) is 0 Å². The quantitative estimate of drug-likeness (QED) is 0.557. The van der Waals surface area contributed by atoms with Gasteiger partial charge in [-0.3, -0.25) is 9.10 Å². The van der Waals surface area contributed by atoms with Gasteiger partial charge in [0.1, 0.15) is 0 Å². The normalized spacial score (nSPS) is 12.2. The van der Waals surface area contributed by atoms with Crippen LogP contribution in [0.4, 0.5) is 5.69 Å². The van der Waals surface area contributed by atoms with E-state index < -0.39 is 10.0 Å². The second kappa shape index (κ2) is 9.32. The summed E-state index contributed by atoms with van der Waals surface area (Å²) in [4.78, 5) is 13.1. The third-order valence-electron chi connectivity index (χ3n) is 4.88. The van der Waals surface area contributed by atoms with Crippen LogP contribution in [-0.2, 0) is 10.0 Å². The lowest BCUT2D eigenvalue weighted by Gasteiger charge is -2.21. The molecule has 0 bridgehead atoms. The molecule has 30 heavy (non-hydrogen) atoms. The van der Waals surface area contributed by atoms with Gasteiger partial charge in [0.25, 0.3) is 15.9 Å². The van der Waals surface area contributed by atoms with E-state index in [1.165, 1.54) is 31.3 Å². The van der Waals surface area contributed by atoms with Crippen molar-refractivity contribution >= 4 is 33.2 Å². The number of rotatable bonds is 7. The van der Waals surface area contributed by atoms with E-state index in [9.17, 15) is 13.2 Å². The molecule has 0 saturated heterocycles. The molecule has 156 valence electrons. The molecule has 3 aromatic carbocycles. The minimum atomic E-state index is -3.76. The average Bonchev–Trinajstić information content (AvgIpc) is 2.78. The SMILES string of the molecule is CC[C@H](NC(=O)c1cc(N(C)S(=O)(=O)c2ccccc2)ccc1Cl)c1ccccc1. The fourth-order valence-corrected chi connectivity index (χ4v) is 4.53. The summed E-state index contributed by atoms with van der Waals surface area (Å²) in [5.41, 5.74) is 1.56. The van der Waals surface area contributed by atoms with Gasteiger partial charge in [0.15, 0.2) is 0 Å². The van der Waals surface area contributed by atoms with E-state index >= 15 is 0 Å². The van der Waals surface area contributed by atoms with Gasteiger partial charge in [0, 0.05) is 7.05 Å². The molecule has 3 aromatic rings. The predicted molar refractivity (Wildman–Crippen MR) is 120 cm³/mol. The third-order valence-corrected chi connectivity index (χ3v) is 7.00. The van der Waals surface area contributed by atoms with Crippen molar-refractivity contribution in [1.29, 1.82) is 0 Å². The monoisotopic (exact) mass is 442 g/mol. The Labute approximate surface area is 182 Å². The summed E-state index contributed by atoms with van der Waals surface area (Å²) < 4.78 is 26.9. The van der Waals surface area contributed by atoms with Gasteiger partial charge in [0.05, 0.1) is 27.2 Å². The molecule has 5 nitrogen and oxygen atoms in total. The number of nitrogens with zero attached hydrogens (tertiary/aromatic N) is 1. The van der Waals surface area contributed by atoms with Crippen LogP contribution in [0, 0.1) is 0 Å². The van der Waals surface area contributed by atoms with Gasteiger partial charge in [-0.25, -0.2) is 8.42 Å². The molecule has 0 aromatic heterocycles. The topological polar surface area (TPSA) is 66.5 Å². The van der Waals surface area contributed by atoms with E-state index in [2.05, 4.69) is 5.32 Å². The number of hydrogen-bond donors (Lipinski definition) is 1. The molecule has 0 radical (unpaired) electrons. The summed E-state index contributed by atoms with van der Waals surface area (Å²) in [6.07, 6.45) is 0.704. The van der Waals surface area contributed by atoms with E-state index in [0.29, 0.717) is 12.1 Å². The molecule has 0 saturated carbocycles. The van der Waals surface area contributed by atoms with Crippen molar-refractivity contribution in [3.8, 4) is 0 Å². The average molecular weight is 443 g/mol. The van der Waals surface area contributed by atoms with Crippen LogP contribution >= 0.6 is 11.6 Å². The molecule has 0 aliphatic heterocycles. The lowest BCUT2D eigenvalue weighted by molar-refractivity contribution is 0.0935. The second-order valence-corrected chi connectivity index (χ2v) is 9.17. The zero-order chi connectivity index (χ0) is 21.7. The molecule has 3 rings (SSSR count). The highest BCUT2D eigenvalue weighted by Gasteiger charge is 2.23. The standard InChI is InChI=1S/C23H23ClN2O3S/c1-3-22(17-10-6-4-7-11-17)25-23(27)20-16-18(14-15-21(20)24)26(2)30(28,29)19-12-8-5-9-13-19/h4-16,22H,3H2,1-2H3,(H,25,27)/t22-/m0/s1. The summed E-state index contributed by atoms with van der Waals surface area (Å²) in [5.74, 6) is -0.358. The first-order chi connectivity index (χ1) is 14.3. The Hall–Kier alpha value is -2.83. The van der Waals surface area contributed by atoms with E-state index in [4.69, 9.17) is 11.6 Å². The number of nitrogens with one attached hydrogen (secondary N) is 1. The maximum Gasteiger partial charge on any atom is 0.264 e. The smallest absolute Gasteiger partial charge is 0.264 e. The van der Waals surface area contributed by atoms with Crippen molar-refractivity contribution in [1.82, 2.24) is 5.32 Å². The molecule has 1 atom stereocenters. The Morgan fingerprint density at radius 2 is 1.60 bits per heavy atom. The number of anilines is 1. The van der Waals surface area contributed by atoms with Gasteiger partial charge in [0.2, 0.25) is 0 Å². The fraction of sp³-hybridized carbons (Fsp3) is 0.174. The summed E-state index contributed by atoms with van der Waals surface area (Å²) in [7, 11) is -2.31. The van der Waals surface area contributed by atoms with Crippen LogP contribution in [0.25, 0.3) is 0 Å². The minimum absolute atomic E-state index is 0.170. The van der Waals surface area contributed by atoms with Gasteiger partial charge in [-0.1, -0.05) is 67.1 Å². The first-order valence-electron chi connectivity index (χ1n) is 9.54. The summed E-state index contributed by atoms with van der Waals surface area (Å²) >= 11 is 6.27. The summed E-state index contributed by atoms with van der Waals surface area (Å²) in [5, 5.41) is 3.24. The van der Waals surface area contributed by atoms with E-state index in [1.54, 1.807) is 24.3 Å². The molecule has 0 spiro atoms. The van der Waals surface area contributed by atoms with Crippen LogP contribution in [0.2, 0.25) is 5.02 Å². The van der Waals surface area contributed by atoms with Crippen molar-refractivity contribution in [2.24, 2.45) is 0 Å². The molecule has 0 unspecified atom stereocenters. The first kappa shape index (κ1) is 21.9. The second-order valence-electron chi connectivity index (χ2n) is 6.79. The molecular formula is C23H23ClN2O3S. The van der Waals surface area contributed by atoms with Crippen LogP contribution in [0.15, 0.2) is 83.8 Å². The summed E-state index contributed by atoms with van der Waals surface area (Å²) in [6.45, 7) is 1.98. The zero-order valence-corrected chi connectivity index (χ0v) is 18.3. The summed E-state index contributed by atoms with van der Waals surface area (Å²) in [6, 6.07) is 22.2. The Morgan fingerprint density at radius 1 is 1.00 bits per heavy atom.